The van der Waals surface area contributed by atoms with Crippen molar-refractivity contribution in [1.29, 1.82) is 0 Å². The molecule has 1 amide bonds. The zero-order valence-corrected chi connectivity index (χ0v) is 15.2. The number of carbonyl (C=O) groups is 1. The largest absolute Gasteiger partial charge is 0.332 e. The second kappa shape index (κ2) is 7.37. The fraction of sp³-hybridized carbons (Fsp3) is 0.222. The monoisotopic (exact) mass is 377 g/mol. The third kappa shape index (κ3) is 4.08. The lowest BCUT2D eigenvalue weighted by Crippen LogP contribution is -2.25. The molecule has 4 nitrogen and oxygen atoms in total. The Balaban J connectivity index is 1.72. The van der Waals surface area contributed by atoms with Crippen molar-refractivity contribution in [1.82, 2.24) is 0 Å². The zero-order chi connectivity index (χ0) is 18.0. The van der Waals surface area contributed by atoms with Crippen LogP contribution in [-0.4, -0.2) is 17.6 Å². The Hall–Kier alpha value is -2.18. The first kappa shape index (κ1) is 17.6. The van der Waals surface area contributed by atoms with E-state index in [2.05, 4.69) is 10.6 Å². The number of thiocarbonyl (C=S) groups is 1. The molecule has 0 radical (unpaired) electrons. The molecular weight excluding hydrogens is 361 g/mol. The fourth-order valence-electron chi connectivity index (χ4n) is 2.66. The smallest absolute Gasteiger partial charge is 0.227 e. The summed E-state index contributed by atoms with van der Waals surface area (Å²) in [6.45, 7) is 2.45. The molecule has 1 heterocycles. The molecular formula is C18H17ClFN3OS. The zero-order valence-electron chi connectivity index (χ0n) is 13.6. The number of nitrogens with zero attached hydrogens (tertiary/aromatic N) is 1. The second-order valence-corrected chi connectivity index (χ2v) is 6.67. The molecule has 1 fully saturated rings. The van der Waals surface area contributed by atoms with Crippen molar-refractivity contribution < 1.29 is 9.18 Å². The van der Waals surface area contributed by atoms with E-state index in [1.165, 1.54) is 11.0 Å². The summed E-state index contributed by atoms with van der Waals surface area (Å²) in [4.78, 5) is 13.3. The highest BCUT2D eigenvalue weighted by molar-refractivity contribution is 7.80. The Morgan fingerprint density at radius 3 is 2.52 bits per heavy atom. The maximum absolute atomic E-state index is 14.1. The molecule has 0 bridgehead atoms. The highest BCUT2D eigenvalue weighted by atomic mass is 35.5. The SMILES string of the molecule is Cc1ccc(NC(=S)Nc2ccc(F)c(N3CCCC3=O)c2)cc1Cl. The average molecular weight is 378 g/mol. The van der Waals surface area contributed by atoms with Crippen LogP contribution in [0, 0.1) is 12.7 Å². The van der Waals surface area contributed by atoms with Crippen molar-refractivity contribution in [3.8, 4) is 0 Å². The Bertz CT molecular complexity index is 843. The van der Waals surface area contributed by atoms with Gasteiger partial charge in [-0.15, -0.1) is 0 Å². The number of nitrogens with one attached hydrogen (secondary N) is 2. The molecule has 0 spiro atoms. The van der Waals surface area contributed by atoms with Gasteiger partial charge in [0.15, 0.2) is 5.11 Å². The van der Waals surface area contributed by atoms with Crippen LogP contribution in [-0.2, 0) is 4.79 Å². The van der Waals surface area contributed by atoms with Gasteiger partial charge in [-0.1, -0.05) is 17.7 Å². The number of anilines is 3. The van der Waals surface area contributed by atoms with Crippen molar-refractivity contribution in [2.75, 3.05) is 22.1 Å². The van der Waals surface area contributed by atoms with Crippen LogP contribution in [0.25, 0.3) is 0 Å². The summed E-state index contributed by atoms with van der Waals surface area (Å²) in [5.41, 5.74) is 2.61. The summed E-state index contributed by atoms with van der Waals surface area (Å²) < 4.78 is 14.1. The lowest BCUT2D eigenvalue weighted by atomic mass is 10.2. The highest BCUT2D eigenvalue weighted by Gasteiger charge is 2.24. The first-order chi connectivity index (χ1) is 11.9. The molecule has 3 rings (SSSR count). The first-order valence-electron chi connectivity index (χ1n) is 7.88. The predicted octanol–water partition coefficient (Wildman–Crippen LogP) is 4.72. The van der Waals surface area contributed by atoms with E-state index in [4.69, 9.17) is 23.8 Å². The lowest BCUT2D eigenvalue weighted by molar-refractivity contribution is -0.117. The molecule has 130 valence electrons. The minimum absolute atomic E-state index is 0.0638. The molecule has 0 unspecified atom stereocenters. The van der Waals surface area contributed by atoms with E-state index in [1.807, 2.05) is 19.1 Å². The Kier molecular flexibility index (Phi) is 5.20. The number of hydrogen-bond donors (Lipinski definition) is 2. The number of hydrogen-bond acceptors (Lipinski definition) is 2. The molecule has 0 aliphatic carbocycles. The van der Waals surface area contributed by atoms with Gasteiger partial charge in [0.25, 0.3) is 0 Å². The van der Waals surface area contributed by atoms with Crippen molar-refractivity contribution in [3.63, 3.8) is 0 Å². The number of amides is 1. The van der Waals surface area contributed by atoms with Crippen molar-refractivity contribution in [2.24, 2.45) is 0 Å². The molecule has 2 aromatic rings. The summed E-state index contributed by atoms with van der Waals surface area (Å²) >= 11 is 11.4. The van der Waals surface area contributed by atoms with E-state index in [9.17, 15) is 9.18 Å². The average Bonchev–Trinajstić information content (AvgIpc) is 2.99. The maximum Gasteiger partial charge on any atom is 0.227 e. The van der Waals surface area contributed by atoms with Crippen molar-refractivity contribution in [2.45, 2.75) is 19.8 Å². The van der Waals surface area contributed by atoms with E-state index in [0.717, 1.165) is 17.7 Å². The Morgan fingerprint density at radius 2 is 1.88 bits per heavy atom. The van der Waals surface area contributed by atoms with Gasteiger partial charge in [-0.25, -0.2) is 4.39 Å². The van der Waals surface area contributed by atoms with E-state index in [1.54, 1.807) is 18.2 Å². The summed E-state index contributed by atoms with van der Waals surface area (Å²) in [6, 6.07) is 10.0. The number of carbonyl (C=O) groups excluding carboxylic acids is 1. The van der Waals surface area contributed by atoms with E-state index in [-0.39, 0.29) is 11.6 Å². The van der Waals surface area contributed by atoms with Gasteiger partial charge in [-0.05, 0) is 61.5 Å². The van der Waals surface area contributed by atoms with Crippen molar-refractivity contribution in [3.05, 3.63) is 52.8 Å². The fourth-order valence-corrected chi connectivity index (χ4v) is 3.08. The van der Waals surface area contributed by atoms with Gasteiger partial charge < -0.3 is 15.5 Å². The van der Waals surface area contributed by atoms with Crippen LogP contribution in [0.15, 0.2) is 36.4 Å². The van der Waals surface area contributed by atoms with Crippen LogP contribution in [0.1, 0.15) is 18.4 Å². The van der Waals surface area contributed by atoms with Crippen LogP contribution < -0.4 is 15.5 Å². The molecule has 2 aromatic carbocycles. The standard InChI is InChI=1S/C18H17ClFN3OS/c1-11-4-5-12(9-14(11)19)21-18(25)22-13-6-7-15(20)16(10-13)23-8-2-3-17(23)24/h4-7,9-10H,2-3,8H2,1H3,(H2,21,22,25). The van der Waals surface area contributed by atoms with Crippen molar-refractivity contribution >= 4 is 51.9 Å². The molecule has 0 atom stereocenters. The van der Waals surface area contributed by atoms with Crippen LogP contribution in [0.2, 0.25) is 5.02 Å². The highest BCUT2D eigenvalue weighted by Crippen LogP contribution is 2.28. The predicted molar refractivity (Wildman–Crippen MR) is 104 cm³/mol. The summed E-state index contributed by atoms with van der Waals surface area (Å²) in [6.07, 6.45) is 1.19. The van der Waals surface area contributed by atoms with Gasteiger partial charge in [-0.2, -0.15) is 0 Å². The van der Waals surface area contributed by atoms with Crippen LogP contribution in [0.3, 0.4) is 0 Å². The number of benzene rings is 2. The summed E-state index contributed by atoms with van der Waals surface area (Å²) in [7, 11) is 0. The minimum atomic E-state index is -0.426. The molecule has 1 aliphatic heterocycles. The summed E-state index contributed by atoms with van der Waals surface area (Å²) in [5, 5.41) is 7.03. The third-order valence-electron chi connectivity index (χ3n) is 4.00. The van der Waals surface area contributed by atoms with Gasteiger partial charge in [0.05, 0.1) is 5.69 Å². The third-order valence-corrected chi connectivity index (χ3v) is 4.61. The van der Waals surface area contributed by atoms with E-state index < -0.39 is 5.82 Å². The number of rotatable bonds is 3. The van der Waals surface area contributed by atoms with Gasteiger partial charge >= 0.3 is 0 Å². The quantitative estimate of drug-likeness (QED) is 0.759. The van der Waals surface area contributed by atoms with Gasteiger partial charge in [0.2, 0.25) is 5.91 Å². The first-order valence-corrected chi connectivity index (χ1v) is 8.67. The van der Waals surface area contributed by atoms with Crippen LogP contribution in [0.5, 0.6) is 0 Å². The topological polar surface area (TPSA) is 44.4 Å². The molecule has 7 heteroatoms. The van der Waals surface area contributed by atoms with Crippen LogP contribution in [0.4, 0.5) is 21.5 Å². The summed E-state index contributed by atoms with van der Waals surface area (Å²) in [5.74, 6) is -0.490. The van der Waals surface area contributed by atoms with E-state index in [0.29, 0.717) is 28.8 Å². The Labute approximate surface area is 156 Å². The number of halogens is 2. The minimum Gasteiger partial charge on any atom is -0.332 e. The second-order valence-electron chi connectivity index (χ2n) is 5.86. The molecule has 1 saturated heterocycles. The van der Waals surface area contributed by atoms with Gasteiger partial charge in [-0.3, -0.25) is 4.79 Å². The maximum atomic E-state index is 14.1. The molecule has 25 heavy (non-hydrogen) atoms. The van der Waals surface area contributed by atoms with Crippen LogP contribution >= 0.6 is 23.8 Å². The van der Waals surface area contributed by atoms with Gasteiger partial charge in [0.1, 0.15) is 5.82 Å². The molecule has 0 saturated carbocycles. The van der Waals surface area contributed by atoms with E-state index >= 15 is 0 Å². The molecule has 2 N–H and O–H groups in total. The molecule has 1 aliphatic rings. The molecule has 0 aromatic heterocycles. The normalized spacial score (nSPS) is 13.9. The Morgan fingerprint density at radius 1 is 1.20 bits per heavy atom. The van der Waals surface area contributed by atoms with Gasteiger partial charge in [0, 0.05) is 29.4 Å². The lowest BCUT2D eigenvalue weighted by Gasteiger charge is -2.18. The number of aryl methyl sites for hydroxylation is 1.